The summed E-state index contributed by atoms with van der Waals surface area (Å²) in [5.74, 6) is -0.579. The van der Waals surface area contributed by atoms with E-state index in [0.717, 1.165) is 5.56 Å². The van der Waals surface area contributed by atoms with Gasteiger partial charge in [-0.3, -0.25) is 4.79 Å². The van der Waals surface area contributed by atoms with Crippen LogP contribution in [0.25, 0.3) is 11.0 Å². The number of hydrogen-bond acceptors (Lipinski definition) is 7. The van der Waals surface area contributed by atoms with Crippen LogP contribution >= 0.6 is 23.2 Å². The summed E-state index contributed by atoms with van der Waals surface area (Å²) in [4.78, 5) is 26.3. The highest BCUT2D eigenvalue weighted by Crippen LogP contribution is 2.43. The number of carbonyl (C=O) groups excluding carboxylic acids is 1. The first-order valence-electron chi connectivity index (χ1n) is 11.5. The van der Waals surface area contributed by atoms with E-state index < -0.39 is 11.5 Å². The maximum absolute atomic E-state index is 13.2. The molecule has 4 aromatic rings. The molecule has 0 aliphatic carbocycles. The van der Waals surface area contributed by atoms with E-state index in [1.165, 1.54) is 21.3 Å². The standard InChI is InChI=1S/C28H25Cl2NO7/c1-35-22-11-16(12-23(36-2)27(22)37-3)18(13-24(32)31-14-15-8-9-19(29)20(30)10-15)25-26(33)17-6-4-5-7-21(17)38-28(25)34/h4-12,18,33H,13-14H2,1-3H3,(H,31,32)/t18-/m1/s1. The van der Waals surface area contributed by atoms with Crippen molar-refractivity contribution >= 4 is 40.1 Å². The summed E-state index contributed by atoms with van der Waals surface area (Å²) < 4.78 is 21.9. The molecule has 1 heterocycles. The highest BCUT2D eigenvalue weighted by atomic mass is 35.5. The second-order valence-electron chi connectivity index (χ2n) is 8.39. The number of fused-ring (bicyclic) bond motifs is 1. The topological polar surface area (TPSA) is 107 Å². The van der Waals surface area contributed by atoms with Crippen molar-refractivity contribution in [1.82, 2.24) is 5.32 Å². The number of carbonyl (C=O) groups is 1. The molecule has 0 saturated heterocycles. The van der Waals surface area contributed by atoms with Crippen molar-refractivity contribution in [2.45, 2.75) is 18.9 Å². The van der Waals surface area contributed by atoms with E-state index in [9.17, 15) is 14.7 Å². The van der Waals surface area contributed by atoms with Crippen LogP contribution in [0, 0.1) is 0 Å². The van der Waals surface area contributed by atoms with E-state index >= 15 is 0 Å². The maximum Gasteiger partial charge on any atom is 0.343 e. The average molecular weight is 558 g/mol. The highest BCUT2D eigenvalue weighted by Gasteiger charge is 2.29. The molecule has 2 N–H and O–H groups in total. The first kappa shape index (κ1) is 27.2. The van der Waals surface area contributed by atoms with Gasteiger partial charge in [0.05, 0.1) is 42.3 Å². The quantitative estimate of drug-likeness (QED) is 0.255. The smallest absolute Gasteiger partial charge is 0.343 e. The fourth-order valence-corrected chi connectivity index (χ4v) is 4.57. The largest absolute Gasteiger partial charge is 0.507 e. The molecule has 0 saturated carbocycles. The lowest BCUT2D eigenvalue weighted by Gasteiger charge is -2.21. The monoisotopic (exact) mass is 557 g/mol. The van der Waals surface area contributed by atoms with E-state index in [1.807, 2.05) is 0 Å². The Kier molecular flexibility index (Phi) is 8.34. The second kappa shape index (κ2) is 11.7. The number of halogens is 2. The SMILES string of the molecule is COc1cc([C@@H](CC(=O)NCc2ccc(Cl)c(Cl)c2)c2c(O)c3ccccc3oc2=O)cc(OC)c1OC. The molecular formula is C28H25Cl2NO7. The van der Waals surface area contributed by atoms with E-state index in [0.29, 0.717) is 38.2 Å². The third kappa shape index (κ3) is 5.51. The molecule has 0 radical (unpaired) electrons. The fourth-order valence-electron chi connectivity index (χ4n) is 4.25. The number of methoxy groups -OCH3 is 3. The molecule has 198 valence electrons. The number of benzene rings is 3. The average Bonchev–Trinajstić information content (AvgIpc) is 2.92. The van der Waals surface area contributed by atoms with Crippen molar-refractivity contribution in [3.8, 4) is 23.0 Å². The molecule has 10 heteroatoms. The molecule has 0 unspecified atom stereocenters. The van der Waals surface area contributed by atoms with Crippen molar-refractivity contribution in [2.24, 2.45) is 0 Å². The minimum Gasteiger partial charge on any atom is -0.507 e. The molecule has 1 aromatic heterocycles. The minimum absolute atomic E-state index is 0.0670. The molecular weight excluding hydrogens is 533 g/mol. The Bertz CT molecular complexity index is 1530. The third-order valence-corrected chi connectivity index (χ3v) is 6.86. The summed E-state index contributed by atoms with van der Waals surface area (Å²) in [5.41, 5.74) is 0.610. The number of ether oxygens (including phenoxy) is 3. The number of nitrogens with one attached hydrogen (secondary N) is 1. The molecule has 0 aliphatic heterocycles. The van der Waals surface area contributed by atoms with Crippen LogP contribution in [0.15, 0.2) is 63.8 Å². The van der Waals surface area contributed by atoms with Crippen LogP contribution in [0.1, 0.15) is 29.0 Å². The van der Waals surface area contributed by atoms with Gasteiger partial charge < -0.3 is 29.1 Å². The number of aromatic hydroxyl groups is 1. The molecule has 0 bridgehead atoms. The number of rotatable bonds is 9. The Hall–Kier alpha value is -3.88. The van der Waals surface area contributed by atoms with Gasteiger partial charge in [0.25, 0.3) is 0 Å². The van der Waals surface area contributed by atoms with Gasteiger partial charge in [-0.2, -0.15) is 0 Å². The normalized spacial score (nSPS) is 11.7. The summed E-state index contributed by atoms with van der Waals surface area (Å²) in [5, 5.41) is 15.1. The van der Waals surface area contributed by atoms with Crippen molar-refractivity contribution in [1.29, 1.82) is 0 Å². The van der Waals surface area contributed by atoms with E-state index in [-0.39, 0.29) is 35.8 Å². The van der Waals surface area contributed by atoms with Gasteiger partial charge in [0.1, 0.15) is 11.3 Å². The van der Waals surface area contributed by atoms with Crippen molar-refractivity contribution in [2.75, 3.05) is 21.3 Å². The Morgan fingerprint density at radius 1 is 0.974 bits per heavy atom. The molecule has 0 aliphatic rings. The number of hydrogen-bond donors (Lipinski definition) is 2. The number of amides is 1. The maximum atomic E-state index is 13.2. The van der Waals surface area contributed by atoms with Crippen LogP contribution in [0.2, 0.25) is 10.0 Å². The van der Waals surface area contributed by atoms with Crippen LogP contribution in [0.5, 0.6) is 23.0 Å². The summed E-state index contributed by atoms with van der Waals surface area (Å²) in [7, 11) is 4.39. The summed E-state index contributed by atoms with van der Waals surface area (Å²) in [6, 6.07) is 14.9. The Morgan fingerprint density at radius 3 is 2.29 bits per heavy atom. The van der Waals surface area contributed by atoms with Crippen LogP contribution in [0.4, 0.5) is 0 Å². The number of para-hydroxylation sites is 1. The zero-order chi connectivity index (χ0) is 27.4. The van der Waals surface area contributed by atoms with Gasteiger partial charge in [0.2, 0.25) is 11.7 Å². The van der Waals surface area contributed by atoms with E-state index in [2.05, 4.69) is 5.32 Å². The van der Waals surface area contributed by atoms with Crippen molar-refractivity contribution < 1.29 is 28.5 Å². The van der Waals surface area contributed by atoms with Gasteiger partial charge in [0, 0.05) is 18.9 Å². The third-order valence-electron chi connectivity index (χ3n) is 6.12. The molecule has 1 amide bonds. The second-order valence-corrected chi connectivity index (χ2v) is 9.20. The molecule has 1 atom stereocenters. The summed E-state index contributed by atoms with van der Waals surface area (Å²) in [6.07, 6.45) is -0.198. The predicted octanol–water partition coefficient (Wildman–Crippen LogP) is 5.67. The van der Waals surface area contributed by atoms with Gasteiger partial charge in [-0.05, 0) is 47.5 Å². The molecule has 3 aromatic carbocycles. The van der Waals surface area contributed by atoms with Crippen LogP contribution in [-0.4, -0.2) is 32.3 Å². The van der Waals surface area contributed by atoms with Gasteiger partial charge in [-0.1, -0.05) is 41.4 Å². The minimum atomic E-state index is -0.918. The van der Waals surface area contributed by atoms with Crippen LogP contribution < -0.4 is 25.2 Å². The van der Waals surface area contributed by atoms with Gasteiger partial charge in [-0.15, -0.1) is 0 Å². The van der Waals surface area contributed by atoms with Crippen molar-refractivity contribution in [3.05, 3.63) is 91.8 Å². The molecule has 0 fully saturated rings. The first-order valence-corrected chi connectivity index (χ1v) is 12.3. The lowest BCUT2D eigenvalue weighted by Crippen LogP contribution is -2.26. The Balaban J connectivity index is 1.78. The molecule has 38 heavy (non-hydrogen) atoms. The Labute approximate surface area is 228 Å². The van der Waals surface area contributed by atoms with Gasteiger partial charge >= 0.3 is 5.63 Å². The zero-order valence-corrected chi connectivity index (χ0v) is 22.4. The van der Waals surface area contributed by atoms with Crippen molar-refractivity contribution in [3.63, 3.8) is 0 Å². The molecule has 4 rings (SSSR count). The van der Waals surface area contributed by atoms with E-state index in [4.69, 9.17) is 41.8 Å². The summed E-state index contributed by atoms with van der Waals surface area (Å²) >= 11 is 12.1. The lowest BCUT2D eigenvalue weighted by molar-refractivity contribution is -0.121. The lowest BCUT2D eigenvalue weighted by atomic mass is 9.87. The zero-order valence-electron chi connectivity index (χ0n) is 20.8. The van der Waals surface area contributed by atoms with Crippen LogP contribution in [-0.2, 0) is 11.3 Å². The van der Waals surface area contributed by atoms with E-state index in [1.54, 1.807) is 54.6 Å². The Morgan fingerprint density at radius 2 is 1.66 bits per heavy atom. The molecule has 8 nitrogen and oxygen atoms in total. The highest BCUT2D eigenvalue weighted by molar-refractivity contribution is 6.42. The molecule has 0 spiro atoms. The predicted molar refractivity (Wildman–Crippen MR) is 145 cm³/mol. The summed E-state index contributed by atoms with van der Waals surface area (Å²) in [6.45, 7) is 0.177. The van der Waals surface area contributed by atoms with Crippen LogP contribution in [0.3, 0.4) is 0 Å². The first-order chi connectivity index (χ1) is 18.3. The van der Waals surface area contributed by atoms with Gasteiger partial charge in [-0.25, -0.2) is 4.79 Å². The fraction of sp³-hybridized carbons (Fsp3) is 0.214. The van der Waals surface area contributed by atoms with Gasteiger partial charge in [0.15, 0.2) is 11.5 Å².